The van der Waals surface area contributed by atoms with Crippen molar-refractivity contribution in [2.45, 2.75) is 0 Å². The number of aromatic nitrogens is 4. The molecule has 2 aliphatic heterocycles. The number of methoxy groups -OCH3 is 1. The third-order valence-corrected chi connectivity index (χ3v) is 1.69. The van der Waals surface area contributed by atoms with Gasteiger partial charge in [0.1, 0.15) is 11.9 Å². The molecule has 5 heteroatoms. The lowest BCUT2D eigenvalue weighted by Gasteiger charge is -2.06. The second-order valence-corrected chi connectivity index (χ2v) is 2.45. The molecule has 0 saturated heterocycles. The molecule has 0 bridgehead atoms. The largest absolute Gasteiger partial charge is 0.480 e. The predicted molar refractivity (Wildman–Crippen MR) is 42.0 cm³/mol. The molecular weight excluding hydrogens is 156 g/mol. The van der Waals surface area contributed by atoms with Gasteiger partial charge in [-0.1, -0.05) is 0 Å². The van der Waals surface area contributed by atoms with E-state index in [2.05, 4.69) is 15.2 Å². The fourth-order valence-corrected chi connectivity index (χ4v) is 1.09. The number of ether oxygens (including phenoxy) is 1. The minimum Gasteiger partial charge on any atom is -0.480 e. The molecule has 2 aliphatic rings. The van der Waals surface area contributed by atoms with Crippen molar-refractivity contribution in [1.82, 2.24) is 19.7 Å². The van der Waals surface area contributed by atoms with E-state index in [1.165, 1.54) is 0 Å². The van der Waals surface area contributed by atoms with Crippen LogP contribution in [-0.2, 0) is 7.05 Å². The molecule has 0 unspecified atom stereocenters. The van der Waals surface area contributed by atoms with Gasteiger partial charge in [-0.15, -0.1) is 5.10 Å². The monoisotopic (exact) mass is 164 g/mol. The normalized spacial score (nSPS) is 10.5. The Labute approximate surface area is 69.4 Å². The van der Waals surface area contributed by atoms with Crippen LogP contribution in [0.2, 0.25) is 0 Å². The van der Waals surface area contributed by atoms with E-state index in [0.717, 1.165) is 11.4 Å². The maximum atomic E-state index is 5.04. The topological polar surface area (TPSA) is 52.8 Å². The first-order valence-corrected chi connectivity index (χ1v) is 3.49. The summed E-state index contributed by atoms with van der Waals surface area (Å²) in [5.74, 6) is 1.34. The molecule has 0 aromatic rings. The molecule has 2 rings (SSSR count). The van der Waals surface area contributed by atoms with Gasteiger partial charge >= 0.3 is 0 Å². The molecule has 2 heterocycles. The Morgan fingerprint density at radius 1 is 1.50 bits per heavy atom. The van der Waals surface area contributed by atoms with Crippen LogP contribution in [0.25, 0.3) is 11.4 Å². The smallest absolute Gasteiger partial charge is 0.227 e. The van der Waals surface area contributed by atoms with Gasteiger partial charge in [0.15, 0.2) is 5.82 Å². The second-order valence-electron chi connectivity index (χ2n) is 2.45. The van der Waals surface area contributed by atoms with Gasteiger partial charge in [0.25, 0.3) is 0 Å². The second kappa shape index (κ2) is 2.44. The van der Waals surface area contributed by atoms with Crippen molar-refractivity contribution in [3.8, 4) is 17.3 Å². The molecule has 0 aromatic carbocycles. The molecule has 0 N–H and O–H groups in total. The molecule has 0 fully saturated rings. The highest BCUT2D eigenvalue weighted by molar-refractivity contribution is 5.61. The van der Waals surface area contributed by atoms with Gasteiger partial charge in [-0.3, -0.25) is 0 Å². The fraction of sp³-hybridized carbons (Fsp3) is 0.286. The van der Waals surface area contributed by atoms with E-state index >= 15 is 0 Å². The molecule has 0 amide bonds. The van der Waals surface area contributed by atoms with E-state index in [1.54, 1.807) is 24.2 Å². The molecular formula is C7H8N4O. The zero-order valence-electron chi connectivity index (χ0n) is 6.85. The van der Waals surface area contributed by atoms with Crippen molar-refractivity contribution in [1.29, 1.82) is 0 Å². The number of fused-ring (bicyclic) bond motifs is 1. The van der Waals surface area contributed by atoms with Gasteiger partial charge in [0.05, 0.1) is 13.3 Å². The summed E-state index contributed by atoms with van der Waals surface area (Å²) >= 11 is 0. The summed E-state index contributed by atoms with van der Waals surface area (Å²) in [5.41, 5.74) is 0.836. The summed E-state index contributed by atoms with van der Waals surface area (Å²) in [6.45, 7) is 0. The first-order valence-electron chi connectivity index (χ1n) is 3.49. The van der Waals surface area contributed by atoms with Gasteiger partial charge in [-0.2, -0.15) is 5.10 Å². The number of rotatable bonds is 1. The number of aryl methyl sites for hydroxylation is 1. The van der Waals surface area contributed by atoms with Crippen molar-refractivity contribution in [2.24, 2.45) is 7.05 Å². The highest BCUT2D eigenvalue weighted by atomic mass is 16.5. The van der Waals surface area contributed by atoms with Crippen LogP contribution in [0.3, 0.4) is 0 Å². The van der Waals surface area contributed by atoms with Crippen LogP contribution in [0, 0.1) is 0 Å². The van der Waals surface area contributed by atoms with Crippen molar-refractivity contribution < 1.29 is 4.74 Å². The van der Waals surface area contributed by atoms with E-state index in [-0.39, 0.29) is 0 Å². The van der Waals surface area contributed by atoms with E-state index in [4.69, 9.17) is 4.74 Å². The van der Waals surface area contributed by atoms with Gasteiger partial charge in [-0.25, -0.2) is 4.98 Å². The van der Waals surface area contributed by atoms with Crippen molar-refractivity contribution in [3.63, 3.8) is 0 Å². The van der Waals surface area contributed by atoms with E-state index in [9.17, 15) is 0 Å². The minimum absolute atomic E-state index is 0.563. The van der Waals surface area contributed by atoms with Crippen molar-refractivity contribution in [2.75, 3.05) is 7.11 Å². The number of hydrogen-bond donors (Lipinski definition) is 0. The Hall–Kier alpha value is -1.65. The van der Waals surface area contributed by atoms with Gasteiger partial charge in [0.2, 0.25) is 5.88 Å². The molecule has 62 valence electrons. The van der Waals surface area contributed by atoms with Crippen LogP contribution in [0.15, 0.2) is 12.5 Å². The molecule has 5 nitrogen and oxygen atoms in total. The highest BCUT2D eigenvalue weighted by Crippen LogP contribution is 2.25. The average molecular weight is 164 g/mol. The number of nitrogens with zero attached hydrogens (tertiary/aromatic N) is 4. The third kappa shape index (κ3) is 0.827. The Balaban J connectivity index is 2.71. The maximum absolute atomic E-state index is 5.04. The van der Waals surface area contributed by atoms with E-state index in [0.29, 0.717) is 5.88 Å². The van der Waals surface area contributed by atoms with Crippen LogP contribution in [0.4, 0.5) is 0 Å². The summed E-state index contributed by atoms with van der Waals surface area (Å²) < 4.78 is 6.83. The maximum Gasteiger partial charge on any atom is 0.227 e. The highest BCUT2D eigenvalue weighted by Gasteiger charge is 2.14. The lowest BCUT2D eigenvalue weighted by molar-refractivity contribution is 0.397. The van der Waals surface area contributed by atoms with Crippen LogP contribution >= 0.6 is 0 Å². The molecule has 0 spiro atoms. The Morgan fingerprint density at radius 2 is 2.33 bits per heavy atom. The van der Waals surface area contributed by atoms with Crippen LogP contribution < -0.4 is 4.74 Å². The Morgan fingerprint density at radius 3 is 3.08 bits per heavy atom. The van der Waals surface area contributed by atoms with Crippen molar-refractivity contribution >= 4 is 0 Å². The predicted octanol–water partition coefficient (Wildman–Crippen LogP) is 0.323. The summed E-state index contributed by atoms with van der Waals surface area (Å²) in [4.78, 5) is 4.06. The lowest BCUT2D eigenvalue weighted by Crippen LogP contribution is -2.01. The van der Waals surface area contributed by atoms with Crippen LogP contribution in [-0.4, -0.2) is 26.9 Å². The molecule has 0 atom stereocenters. The van der Waals surface area contributed by atoms with Gasteiger partial charge in [0, 0.05) is 7.05 Å². The first-order chi connectivity index (χ1) is 5.83. The number of hydrogen-bond acceptors (Lipinski definition) is 4. The lowest BCUT2D eigenvalue weighted by atomic mass is 10.3. The van der Waals surface area contributed by atoms with Crippen molar-refractivity contribution in [3.05, 3.63) is 12.5 Å². The van der Waals surface area contributed by atoms with Gasteiger partial charge < -0.3 is 9.30 Å². The molecule has 0 aromatic heterocycles. The fourth-order valence-electron chi connectivity index (χ4n) is 1.09. The average Bonchev–Trinajstić information content (AvgIpc) is 2.54. The quantitative estimate of drug-likeness (QED) is 0.609. The SMILES string of the molecule is COc1ncn(C)c2nncc1-2. The molecule has 12 heavy (non-hydrogen) atoms. The van der Waals surface area contributed by atoms with Gasteiger partial charge in [-0.05, 0) is 0 Å². The third-order valence-electron chi connectivity index (χ3n) is 1.69. The first kappa shape index (κ1) is 7.02. The molecule has 0 saturated carbocycles. The summed E-state index contributed by atoms with van der Waals surface area (Å²) in [6, 6.07) is 0. The van der Waals surface area contributed by atoms with E-state index in [1.807, 2.05) is 7.05 Å². The molecule has 0 aliphatic carbocycles. The Bertz CT molecular complexity index is 370. The van der Waals surface area contributed by atoms with Crippen LogP contribution in [0.1, 0.15) is 0 Å². The standard InChI is InChI=1S/C7H8N4O/c1-11-4-8-7(12-2)5-3-9-10-6(5)11/h3-4H,1-2H3. The summed E-state index contributed by atoms with van der Waals surface area (Å²) in [6.07, 6.45) is 3.29. The Kier molecular flexibility index (Phi) is 1.43. The zero-order chi connectivity index (χ0) is 8.55. The summed E-state index contributed by atoms with van der Waals surface area (Å²) in [5, 5.41) is 7.70. The van der Waals surface area contributed by atoms with Crippen LogP contribution in [0.5, 0.6) is 5.88 Å². The molecule has 0 radical (unpaired) electrons. The van der Waals surface area contributed by atoms with E-state index < -0.39 is 0 Å². The summed E-state index contributed by atoms with van der Waals surface area (Å²) in [7, 11) is 3.44. The zero-order valence-corrected chi connectivity index (χ0v) is 6.85. The minimum atomic E-state index is 0.563.